The number of nitrogens with zero attached hydrogens (tertiary/aromatic N) is 1. The van der Waals surface area contributed by atoms with Gasteiger partial charge in [-0.05, 0) is 70.0 Å². The van der Waals surface area contributed by atoms with E-state index < -0.39 is 6.10 Å². The normalized spacial score (nSPS) is 19.4. The molecule has 2 nitrogen and oxygen atoms in total. The van der Waals surface area contributed by atoms with Crippen LogP contribution in [0.15, 0.2) is 18.2 Å². The van der Waals surface area contributed by atoms with E-state index in [0.717, 1.165) is 24.2 Å². The van der Waals surface area contributed by atoms with Crippen molar-refractivity contribution in [3.05, 3.63) is 35.1 Å². The van der Waals surface area contributed by atoms with Crippen LogP contribution in [0.2, 0.25) is 0 Å². The summed E-state index contributed by atoms with van der Waals surface area (Å²) in [6.07, 6.45) is 3.07. The van der Waals surface area contributed by atoms with Gasteiger partial charge in [-0.2, -0.15) is 0 Å². The van der Waals surface area contributed by atoms with E-state index in [0.29, 0.717) is 0 Å². The van der Waals surface area contributed by atoms with Crippen molar-refractivity contribution in [1.82, 2.24) is 4.90 Å². The monoisotopic (exact) mass is 265 g/mol. The predicted molar refractivity (Wildman–Crippen MR) is 75.6 cm³/mol. The Morgan fingerprint density at radius 1 is 1.21 bits per heavy atom. The second kappa shape index (κ2) is 5.59. The van der Waals surface area contributed by atoms with E-state index in [4.69, 9.17) is 0 Å². The largest absolute Gasteiger partial charge is 0.386 e. The third-order valence-electron chi connectivity index (χ3n) is 4.37. The fourth-order valence-electron chi connectivity index (χ4n) is 2.97. The van der Waals surface area contributed by atoms with Crippen molar-refractivity contribution in [2.45, 2.75) is 51.7 Å². The van der Waals surface area contributed by atoms with Gasteiger partial charge in [-0.15, -0.1) is 0 Å². The van der Waals surface area contributed by atoms with E-state index >= 15 is 0 Å². The molecule has 1 aromatic carbocycles. The molecule has 0 aliphatic carbocycles. The molecular weight excluding hydrogens is 241 g/mol. The number of piperidine rings is 1. The first-order valence-electron chi connectivity index (χ1n) is 7.12. The van der Waals surface area contributed by atoms with E-state index in [1.165, 1.54) is 31.4 Å². The fraction of sp³-hybridized carbons (Fsp3) is 0.625. The summed E-state index contributed by atoms with van der Waals surface area (Å²) < 4.78 is 13.2. The highest BCUT2D eigenvalue weighted by Gasteiger charge is 2.36. The number of hydrogen-bond acceptors (Lipinski definition) is 2. The number of likely N-dealkylation sites (tertiary alicyclic amines) is 1. The molecule has 19 heavy (non-hydrogen) atoms. The molecule has 1 heterocycles. The van der Waals surface area contributed by atoms with Crippen molar-refractivity contribution in [2.24, 2.45) is 0 Å². The lowest BCUT2D eigenvalue weighted by molar-refractivity contribution is -0.0212. The molecule has 0 aromatic heterocycles. The number of benzene rings is 1. The minimum atomic E-state index is -0.591. The zero-order valence-corrected chi connectivity index (χ0v) is 12.1. The molecule has 0 radical (unpaired) electrons. The summed E-state index contributed by atoms with van der Waals surface area (Å²) in [5, 5.41) is 10.7. The number of hydrogen-bond donors (Lipinski definition) is 1. The van der Waals surface area contributed by atoms with Crippen molar-refractivity contribution in [2.75, 3.05) is 13.1 Å². The molecular formula is C16H24FNO. The van der Waals surface area contributed by atoms with Gasteiger partial charge in [0.05, 0.1) is 6.10 Å². The summed E-state index contributed by atoms with van der Waals surface area (Å²) in [6, 6.07) is 4.63. The minimum Gasteiger partial charge on any atom is -0.386 e. The van der Waals surface area contributed by atoms with Gasteiger partial charge >= 0.3 is 0 Å². The Labute approximate surface area is 115 Å². The number of aryl methyl sites for hydroxylation is 1. The Balaban J connectivity index is 2.23. The molecule has 1 fully saturated rings. The molecule has 1 saturated heterocycles. The van der Waals surface area contributed by atoms with Crippen molar-refractivity contribution >= 4 is 0 Å². The van der Waals surface area contributed by atoms with Crippen LogP contribution in [0.5, 0.6) is 0 Å². The van der Waals surface area contributed by atoms with Crippen LogP contribution in [-0.2, 0) is 0 Å². The van der Waals surface area contributed by atoms with Gasteiger partial charge in [-0.1, -0.05) is 12.5 Å². The van der Waals surface area contributed by atoms with Crippen LogP contribution in [0.4, 0.5) is 4.39 Å². The van der Waals surface area contributed by atoms with E-state index in [1.54, 1.807) is 6.07 Å². The van der Waals surface area contributed by atoms with Crippen LogP contribution in [0, 0.1) is 12.7 Å². The first-order chi connectivity index (χ1) is 8.93. The Bertz CT molecular complexity index is 438. The second-order valence-corrected chi connectivity index (χ2v) is 6.10. The Hall–Kier alpha value is -0.930. The SMILES string of the molecule is Cc1cc(F)ccc1C(O)C(C)(C)N1CCCCC1. The Morgan fingerprint density at radius 2 is 1.84 bits per heavy atom. The smallest absolute Gasteiger partial charge is 0.123 e. The standard InChI is InChI=1S/C16H24FNO/c1-12-11-13(17)7-8-14(12)15(19)16(2,3)18-9-5-4-6-10-18/h7-8,11,15,19H,4-6,9-10H2,1-3H3. The molecule has 1 atom stereocenters. The molecule has 1 aliphatic rings. The lowest BCUT2D eigenvalue weighted by Gasteiger charge is -2.44. The molecule has 1 aromatic rings. The third kappa shape index (κ3) is 2.98. The molecule has 0 spiro atoms. The number of halogens is 1. The zero-order valence-electron chi connectivity index (χ0n) is 12.1. The van der Waals surface area contributed by atoms with Gasteiger partial charge in [-0.3, -0.25) is 4.90 Å². The summed E-state index contributed by atoms with van der Waals surface area (Å²) in [7, 11) is 0. The van der Waals surface area contributed by atoms with Gasteiger partial charge in [0.1, 0.15) is 5.82 Å². The van der Waals surface area contributed by atoms with Crippen LogP contribution >= 0.6 is 0 Å². The van der Waals surface area contributed by atoms with E-state index in [9.17, 15) is 9.50 Å². The predicted octanol–water partition coefficient (Wildman–Crippen LogP) is 3.43. The highest BCUT2D eigenvalue weighted by molar-refractivity contribution is 5.30. The number of rotatable bonds is 3. The number of aliphatic hydroxyl groups excluding tert-OH is 1. The molecule has 1 N–H and O–H groups in total. The van der Waals surface area contributed by atoms with Crippen LogP contribution in [-0.4, -0.2) is 28.6 Å². The lowest BCUT2D eigenvalue weighted by atomic mass is 9.86. The maximum absolute atomic E-state index is 13.2. The third-order valence-corrected chi connectivity index (χ3v) is 4.37. The van der Waals surface area contributed by atoms with Crippen LogP contribution in [0.1, 0.15) is 50.3 Å². The van der Waals surface area contributed by atoms with Crippen LogP contribution in [0.3, 0.4) is 0 Å². The van der Waals surface area contributed by atoms with E-state index in [2.05, 4.69) is 18.7 Å². The molecule has 0 amide bonds. The maximum atomic E-state index is 13.2. The van der Waals surface area contributed by atoms with Crippen LogP contribution < -0.4 is 0 Å². The second-order valence-electron chi connectivity index (χ2n) is 6.10. The summed E-state index contributed by atoms with van der Waals surface area (Å²) in [6.45, 7) is 8.07. The molecule has 2 rings (SSSR count). The minimum absolute atomic E-state index is 0.246. The van der Waals surface area contributed by atoms with Gasteiger partial charge in [0.15, 0.2) is 0 Å². The first kappa shape index (κ1) is 14.5. The molecule has 106 valence electrons. The van der Waals surface area contributed by atoms with E-state index in [1.807, 2.05) is 6.92 Å². The molecule has 1 unspecified atom stereocenters. The van der Waals surface area contributed by atoms with Crippen LogP contribution in [0.25, 0.3) is 0 Å². The molecule has 1 aliphatic heterocycles. The van der Waals surface area contributed by atoms with Crippen molar-refractivity contribution in [3.63, 3.8) is 0 Å². The fourth-order valence-corrected chi connectivity index (χ4v) is 2.97. The Morgan fingerprint density at radius 3 is 2.42 bits per heavy atom. The van der Waals surface area contributed by atoms with Gasteiger partial charge in [0.2, 0.25) is 0 Å². The van der Waals surface area contributed by atoms with Gasteiger partial charge in [0.25, 0.3) is 0 Å². The summed E-state index contributed by atoms with van der Waals surface area (Å²) in [5.74, 6) is -0.246. The summed E-state index contributed by atoms with van der Waals surface area (Å²) >= 11 is 0. The van der Waals surface area contributed by atoms with Gasteiger partial charge < -0.3 is 5.11 Å². The topological polar surface area (TPSA) is 23.5 Å². The first-order valence-corrected chi connectivity index (χ1v) is 7.12. The van der Waals surface area contributed by atoms with Crippen molar-refractivity contribution in [3.8, 4) is 0 Å². The average molecular weight is 265 g/mol. The summed E-state index contributed by atoms with van der Waals surface area (Å²) in [5.41, 5.74) is 1.33. The molecule has 0 bridgehead atoms. The van der Waals surface area contributed by atoms with Gasteiger partial charge in [0, 0.05) is 5.54 Å². The van der Waals surface area contributed by atoms with Crippen molar-refractivity contribution < 1.29 is 9.50 Å². The summed E-state index contributed by atoms with van der Waals surface area (Å²) in [4.78, 5) is 2.35. The highest BCUT2D eigenvalue weighted by Crippen LogP contribution is 2.34. The number of aliphatic hydroxyl groups is 1. The molecule has 0 saturated carbocycles. The lowest BCUT2D eigenvalue weighted by Crippen LogP contribution is -2.50. The van der Waals surface area contributed by atoms with Crippen molar-refractivity contribution in [1.29, 1.82) is 0 Å². The zero-order chi connectivity index (χ0) is 14.0. The Kier molecular flexibility index (Phi) is 4.26. The highest BCUT2D eigenvalue weighted by atomic mass is 19.1. The average Bonchev–Trinajstić information content (AvgIpc) is 2.39. The maximum Gasteiger partial charge on any atom is 0.123 e. The molecule has 3 heteroatoms. The van der Waals surface area contributed by atoms with Gasteiger partial charge in [-0.25, -0.2) is 4.39 Å². The quantitative estimate of drug-likeness (QED) is 0.905. The van der Waals surface area contributed by atoms with E-state index in [-0.39, 0.29) is 11.4 Å².